The number of fused-ring (bicyclic) bond motifs is 2. The molecule has 2 aliphatic rings. The molecule has 2 atom stereocenters. The molecule has 0 spiro atoms. The van der Waals surface area contributed by atoms with Gasteiger partial charge in [0, 0.05) is 24.3 Å². The maximum atomic E-state index is 4.67. The molecule has 1 aromatic rings. The van der Waals surface area contributed by atoms with Crippen LogP contribution in [0.1, 0.15) is 51.3 Å². The van der Waals surface area contributed by atoms with Crippen molar-refractivity contribution in [3.05, 3.63) is 18.0 Å². The Hall–Kier alpha value is -0.830. The molecule has 1 N–H and O–H groups in total. The van der Waals surface area contributed by atoms with Gasteiger partial charge in [0.2, 0.25) is 0 Å². The van der Waals surface area contributed by atoms with E-state index in [4.69, 9.17) is 0 Å². The van der Waals surface area contributed by atoms with Gasteiger partial charge in [-0.3, -0.25) is 4.68 Å². The minimum atomic E-state index is 0.480. The van der Waals surface area contributed by atoms with Crippen LogP contribution in [0.4, 0.5) is 0 Å². The summed E-state index contributed by atoms with van der Waals surface area (Å²) < 4.78 is 2.07. The fourth-order valence-electron chi connectivity index (χ4n) is 3.41. The maximum absolute atomic E-state index is 4.67. The first-order valence-corrected chi connectivity index (χ1v) is 7.01. The Morgan fingerprint density at radius 1 is 1.35 bits per heavy atom. The molecule has 94 valence electrons. The lowest BCUT2D eigenvalue weighted by molar-refractivity contribution is 0.296. The van der Waals surface area contributed by atoms with Gasteiger partial charge in [-0.15, -0.1) is 0 Å². The van der Waals surface area contributed by atoms with Crippen LogP contribution in [0.5, 0.6) is 0 Å². The molecule has 2 aliphatic heterocycles. The van der Waals surface area contributed by atoms with Gasteiger partial charge in [0.1, 0.15) is 0 Å². The van der Waals surface area contributed by atoms with Crippen LogP contribution in [0, 0.1) is 5.92 Å². The van der Waals surface area contributed by atoms with Gasteiger partial charge < -0.3 is 5.32 Å². The van der Waals surface area contributed by atoms with E-state index in [1.165, 1.54) is 37.8 Å². The average Bonchev–Trinajstić information content (AvgIpc) is 2.86. The summed E-state index contributed by atoms with van der Waals surface area (Å²) in [6.45, 7) is 4.36. The molecule has 0 aromatic carbocycles. The number of hydrogen-bond donors (Lipinski definition) is 1. The molecule has 2 fully saturated rings. The Morgan fingerprint density at radius 3 is 2.65 bits per heavy atom. The molecule has 3 heteroatoms. The number of piperidine rings is 1. The number of nitrogens with one attached hydrogen (secondary N) is 1. The van der Waals surface area contributed by atoms with Crippen molar-refractivity contribution in [1.82, 2.24) is 15.1 Å². The minimum Gasteiger partial charge on any atom is -0.311 e. The standard InChI is InChI=1S/C14H23N3/c1-10(2)17-6-5-14(16-17)9-11-7-12-3-4-13(8-11)15-12/h5-6,10-13,15H,3-4,7-9H2,1-2H3. The lowest BCUT2D eigenvalue weighted by Crippen LogP contribution is -2.38. The minimum absolute atomic E-state index is 0.480. The smallest absolute Gasteiger partial charge is 0.0627 e. The number of rotatable bonds is 3. The van der Waals surface area contributed by atoms with E-state index in [1.807, 2.05) is 0 Å². The Morgan fingerprint density at radius 2 is 2.06 bits per heavy atom. The third-order valence-corrected chi connectivity index (χ3v) is 4.26. The van der Waals surface area contributed by atoms with Crippen molar-refractivity contribution in [3.8, 4) is 0 Å². The van der Waals surface area contributed by atoms with Crippen molar-refractivity contribution in [3.63, 3.8) is 0 Å². The molecule has 3 heterocycles. The summed E-state index contributed by atoms with van der Waals surface area (Å²) in [5.41, 5.74) is 1.28. The summed E-state index contributed by atoms with van der Waals surface area (Å²) >= 11 is 0. The highest BCUT2D eigenvalue weighted by Gasteiger charge is 2.33. The van der Waals surface area contributed by atoms with E-state index >= 15 is 0 Å². The van der Waals surface area contributed by atoms with Crippen LogP contribution in [0.25, 0.3) is 0 Å². The van der Waals surface area contributed by atoms with Crippen LogP contribution in [0.2, 0.25) is 0 Å². The van der Waals surface area contributed by atoms with Crippen LogP contribution < -0.4 is 5.32 Å². The largest absolute Gasteiger partial charge is 0.311 e. The molecule has 0 aliphatic carbocycles. The van der Waals surface area contributed by atoms with Crippen molar-refractivity contribution in [1.29, 1.82) is 0 Å². The summed E-state index contributed by atoms with van der Waals surface area (Å²) in [7, 11) is 0. The maximum Gasteiger partial charge on any atom is 0.0627 e. The first-order valence-electron chi connectivity index (χ1n) is 7.01. The molecule has 3 nitrogen and oxygen atoms in total. The van der Waals surface area contributed by atoms with E-state index in [9.17, 15) is 0 Å². The fourth-order valence-corrected chi connectivity index (χ4v) is 3.41. The summed E-state index contributed by atoms with van der Waals surface area (Å²) in [6, 6.07) is 4.27. The molecular formula is C14H23N3. The predicted octanol–water partition coefficient (Wildman–Crippen LogP) is 2.54. The third-order valence-electron chi connectivity index (χ3n) is 4.26. The topological polar surface area (TPSA) is 29.9 Å². The quantitative estimate of drug-likeness (QED) is 0.869. The first-order chi connectivity index (χ1) is 8.20. The monoisotopic (exact) mass is 233 g/mol. The second-order valence-corrected chi connectivity index (χ2v) is 6.06. The Balaban J connectivity index is 1.62. The second kappa shape index (κ2) is 4.45. The Kier molecular flexibility index (Phi) is 2.95. The molecular weight excluding hydrogens is 210 g/mol. The van der Waals surface area contributed by atoms with Crippen molar-refractivity contribution in [2.75, 3.05) is 0 Å². The molecule has 17 heavy (non-hydrogen) atoms. The highest BCUT2D eigenvalue weighted by Crippen LogP contribution is 2.32. The molecule has 0 saturated carbocycles. The van der Waals surface area contributed by atoms with Gasteiger partial charge in [-0.25, -0.2) is 0 Å². The molecule has 3 rings (SSSR count). The Labute approximate surface area is 104 Å². The second-order valence-electron chi connectivity index (χ2n) is 6.06. The van der Waals surface area contributed by atoms with E-state index < -0.39 is 0 Å². The van der Waals surface area contributed by atoms with E-state index in [1.54, 1.807) is 0 Å². The zero-order valence-electron chi connectivity index (χ0n) is 10.9. The SMILES string of the molecule is CC(C)n1ccc(CC2CC3CCC(C2)N3)n1. The molecule has 2 saturated heterocycles. The lowest BCUT2D eigenvalue weighted by Gasteiger charge is -2.28. The van der Waals surface area contributed by atoms with Crippen LogP contribution in [0.3, 0.4) is 0 Å². The zero-order valence-corrected chi connectivity index (χ0v) is 10.9. The van der Waals surface area contributed by atoms with Crippen molar-refractivity contribution in [2.24, 2.45) is 5.92 Å². The molecule has 1 aromatic heterocycles. The van der Waals surface area contributed by atoms with Crippen molar-refractivity contribution >= 4 is 0 Å². The number of nitrogens with zero attached hydrogens (tertiary/aromatic N) is 2. The van der Waals surface area contributed by atoms with Gasteiger partial charge >= 0.3 is 0 Å². The first kappa shape index (κ1) is 11.3. The highest BCUT2D eigenvalue weighted by molar-refractivity contribution is 5.03. The van der Waals surface area contributed by atoms with Crippen LogP contribution in [-0.2, 0) is 6.42 Å². The number of hydrogen-bond acceptors (Lipinski definition) is 2. The molecule has 0 radical (unpaired) electrons. The van der Waals surface area contributed by atoms with Crippen LogP contribution in [-0.4, -0.2) is 21.9 Å². The van der Waals surface area contributed by atoms with Crippen LogP contribution >= 0.6 is 0 Å². The van der Waals surface area contributed by atoms with Gasteiger partial charge in [0.05, 0.1) is 5.69 Å². The normalized spacial score (nSPS) is 32.3. The predicted molar refractivity (Wildman–Crippen MR) is 69.0 cm³/mol. The van der Waals surface area contributed by atoms with Crippen molar-refractivity contribution < 1.29 is 0 Å². The van der Waals surface area contributed by atoms with E-state index in [-0.39, 0.29) is 0 Å². The molecule has 2 unspecified atom stereocenters. The van der Waals surface area contributed by atoms with Gasteiger partial charge in [-0.1, -0.05) is 0 Å². The Bertz CT molecular complexity index is 371. The van der Waals surface area contributed by atoms with E-state index in [0.717, 1.165) is 18.0 Å². The van der Waals surface area contributed by atoms with Gasteiger partial charge in [0.25, 0.3) is 0 Å². The van der Waals surface area contributed by atoms with E-state index in [2.05, 4.69) is 41.2 Å². The molecule has 2 bridgehead atoms. The summed E-state index contributed by atoms with van der Waals surface area (Å²) in [5, 5.41) is 8.37. The van der Waals surface area contributed by atoms with Gasteiger partial charge in [-0.2, -0.15) is 5.10 Å². The van der Waals surface area contributed by atoms with Crippen molar-refractivity contribution in [2.45, 2.75) is 64.1 Å². The number of aromatic nitrogens is 2. The van der Waals surface area contributed by atoms with Crippen LogP contribution in [0.15, 0.2) is 12.3 Å². The lowest BCUT2D eigenvalue weighted by atomic mass is 9.89. The summed E-state index contributed by atoms with van der Waals surface area (Å²) in [5.74, 6) is 0.851. The summed E-state index contributed by atoms with van der Waals surface area (Å²) in [4.78, 5) is 0. The fraction of sp³-hybridized carbons (Fsp3) is 0.786. The molecule has 0 amide bonds. The highest BCUT2D eigenvalue weighted by atomic mass is 15.3. The van der Waals surface area contributed by atoms with E-state index in [0.29, 0.717) is 6.04 Å². The zero-order chi connectivity index (χ0) is 11.8. The van der Waals surface area contributed by atoms with Gasteiger partial charge in [-0.05, 0) is 57.9 Å². The average molecular weight is 233 g/mol. The summed E-state index contributed by atoms with van der Waals surface area (Å²) in [6.07, 6.45) is 8.78. The third kappa shape index (κ3) is 2.39. The van der Waals surface area contributed by atoms with Gasteiger partial charge in [0.15, 0.2) is 0 Å².